The standard InChI is InChI=1S/C23H29N3O3/c1-17-3-7-19(8-4-17)15-24-22(27)23(28)25-16-21(26-11-13-29-14-12-26)20-9-5-18(2)6-10-20/h3-10,21H,11-16H2,1-2H3,(H,24,27)(H,25,28)/t21-/m1/s1. The minimum absolute atomic E-state index is 0.00773. The van der Waals surface area contributed by atoms with E-state index in [9.17, 15) is 9.59 Å². The van der Waals surface area contributed by atoms with E-state index in [1.165, 1.54) is 5.56 Å². The zero-order valence-electron chi connectivity index (χ0n) is 17.1. The van der Waals surface area contributed by atoms with Gasteiger partial charge in [0.15, 0.2) is 0 Å². The minimum Gasteiger partial charge on any atom is -0.379 e. The number of benzene rings is 2. The van der Waals surface area contributed by atoms with Gasteiger partial charge in [0.05, 0.1) is 19.3 Å². The maximum Gasteiger partial charge on any atom is 0.309 e. The lowest BCUT2D eigenvalue weighted by molar-refractivity contribution is -0.139. The van der Waals surface area contributed by atoms with Gasteiger partial charge in [-0.05, 0) is 25.0 Å². The van der Waals surface area contributed by atoms with Crippen molar-refractivity contribution in [1.29, 1.82) is 0 Å². The first-order valence-electron chi connectivity index (χ1n) is 10.0. The monoisotopic (exact) mass is 395 g/mol. The highest BCUT2D eigenvalue weighted by Crippen LogP contribution is 2.21. The third-order valence-corrected chi connectivity index (χ3v) is 5.18. The van der Waals surface area contributed by atoms with Crippen LogP contribution in [0.1, 0.15) is 28.3 Å². The molecule has 1 atom stereocenters. The Hall–Kier alpha value is -2.70. The van der Waals surface area contributed by atoms with Crippen LogP contribution in [-0.4, -0.2) is 49.6 Å². The van der Waals surface area contributed by atoms with Crippen LogP contribution in [0, 0.1) is 13.8 Å². The Bertz CT molecular complexity index is 812. The molecule has 2 amide bonds. The molecular formula is C23H29N3O3. The molecule has 0 unspecified atom stereocenters. The van der Waals surface area contributed by atoms with Gasteiger partial charge >= 0.3 is 11.8 Å². The quantitative estimate of drug-likeness (QED) is 0.735. The van der Waals surface area contributed by atoms with E-state index in [-0.39, 0.29) is 6.04 Å². The summed E-state index contributed by atoms with van der Waals surface area (Å²) >= 11 is 0. The van der Waals surface area contributed by atoms with Gasteiger partial charge in [-0.1, -0.05) is 59.7 Å². The van der Waals surface area contributed by atoms with E-state index in [0.29, 0.717) is 26.3 Å². The van der Waals surface area contributed by atoms with Crippen LogP contribution in [0.15, 0.2) is 48.5 Å². The largest absolute Gasteiger partial charge is 0.379 e. The van der Waals surface area contributed by atoms with Gasteiger partial charge in [-0.2, -0.15) is 0 Å². The predicted octanol–water partition coefficient (Wildman–Crippen LogP) is 2.11. The highest BCUT2D eigenvalue weighted by atomic mass is 16.5. The molecule has 0 saturated carbocycles. The number of ether oxygens (including phenoxy) is 1. The van der Waals surface area contributed by atoms with Gasteiger partial charge in [-0.15, -0.1) is 0 Å². The third-order valence-electron chi connectivity index (χ3n) is 5.18. The van der Waals surface area contributed by atoms with E-state index in [1.807, 2.05) is 38.1 Å². The third kappa shape index (κ3) is 6.14. The summed E-state index contributed by atoms with van der Waals surface area (Å²) in [4.78, 5) is 26.8. The van der Waals surface area contributed by atoms with Crippen LogP contribution in [0.5, 0.6) is 0 Å². The molecule has 2 N–H and O–H groups in total. The van der Waals surface area contributed by atoms with E-state index in [4.69, 9.17) is 4.74 Å². The van der Waals surface area contributed by atoms with Crippen LogP contribution in [-0.2, 0) is 20.9 Å². The van der Waals surface area contributed by atoms with E-state index >= 15 is 0 Å². The Kier molecular flexibility index (Phi) is 7.38. The average Bonchev–Trinajstić information content (AvgIpc) is 2.75. The van der Waals surface area contributed by atoms with Crippen molar-refractivity contribution in [3.8, 4) is 0 Å². The van der Waals surface area contributed by atoms with Crippen LogP contribution < -0.4 is 10.6 Å². The number of carbonyl (C=O) groups is 2. The zero-order chi connectivity index (χ0) is 20.6. The van der Waals surface area contributed by atoms with Crippen LogP contribution in [0.2, 0.25) is 0 Å². The van der Waals surface area contributed by atoms with Gasteiger partial charge in [0.1, 0.15) is 0 Å². The number of aryl methyl sites for hydroxylation is 2. The second kappa shape index (κ2) is 10.2. The second-order valence-electron chi connectivity index (χ2n) is 7.45. The minimum atomic E-state index is -0.616. The molecule has 0 bridgehead atoms. The molecule has 6 heteroatoms. The number of nitrogens with zero attached hydrogens (tertiary/aromatic N) is 1. The molecule has 1 heterocycles. The van der Waals surface area contributed by atoms with Crippen molar-refractivity contribution in [2.45, 2.75) is 26.4 Å². The van der Waals surface area contributed by atoms with Gasteiger partial charge in [-0.25, -0.2) is 0 Å². The van der Waals surface area contributed by atoms with Crippen molar-refractivity contribution in [3.63, 3.8) is 0 Å². The lowest BCUT2D eigenvalue weighted by Crippen LogP contribution is -2.46. The van der Waals surface area contributed by atoms with Crippen molar-refractivity contribution >= 4 is 11.8 Å². The highest BCUT2D eigenvalue weighted by molar-refractivity contribution is 6.35. The fraction of sp³-hybridized carbons (Fsp3) is 0.391. The number of hydrogen-bond donors (Lipinski definition) is 2. The summed E-state index contributed by atoms with van der Waals surface area (Å²) < 4.78 is 5.46. The van der Waals surface area contributed by atoms with Crippen LogP contribution in [0.3, 0.4) is 0 Å². The number of hydrogen-bond acceptors (Lipinski definition) is 4. The van der Waals surface area contributed by atoms with Gasteiger partial charge < -0.3 is 15.4 Å². The highest BCUT2D eigenvalue weighted by Gasteiger charge is 2.24. The van der Waals surface area contributed by atoms with Gasteiger partial charge in [0, 0.05) is 26.2 Å². The maximum atomic E-state index is 12.3. The van der Waals surface area contributed by atoms with E-state index in [2.05, 4.69) is 39.8 Å². The molecule has 2 aromatic carbocycles. The Morgan fingerprint density at radius 2 is 1.45 bits per heavy atom. The summed E-state index contributed by atoms with van der Waals surface area (Å²) in [7, 11) is 0. The summed E-state index contributed by atoms with van der Waals surface area (Å²) in [6.07, 6.45) is 0. The molecule has 154 valence electrons. The Morgan fingerprint density at radius 3 is 2.07 bits per heavy atom. The Morgan fingerprint density at radius 1 is 0.897 bits per heavy atom. The molecule has 0 radical (unpaired) electrons. The SMILES string of the molecule is Cc1ccc(CNC(=O)C(=O)NC[C@H](c2ccc(C)cc2)N2CCOCC2)cc1. The lowest BCUT2D eigenvalue weighted by Gasteiger charge is -2.35. The maximum absolute atomic E-state index is 12.3. The predicted molar refractivity (Wildman–Crippen MR) is 112 cm³/mol. The molecule has 1 fully saturated rings. The van der Waals surface area contributed by atoms with Gasteiger partial charge in [0.2, 0.25) is 0 Å². The van der Waals surface area contributed by atoms with Crippen molar-refractivity contribution in [1.82, 2.24) is 15.5 Å². The number of morpholine rings is 1. The van der Waals surface area contributed by atoms with E-state index in [1.54, 1.807) is 0 Å². The summed E-state index contributed by atoms with van der Waals surface area (Å²) in [5.74, 6) is -1.22. The van der Waals surface area contributed by atoms with Gasteiger partial charge in [-0.3, -0.25) is 14.5 Å². The molecule has 1 aliphatic rings. The molecule has 0 aliphatic carbocycles. The summed E-state index contributed by atoms with van der Waals surface area (Å²) in [5, 5.41) is 5.49. The molecule has 6 nitrogen and oxygen atoms in total. The molecule has 29 heavy (non-hydrogen) atoms. The molecule has 0 aromatic heterocycles. The molecule has 1 aliphatic heterocycles. The molecule has 0 spiro atoms. The van der Waals surface area contributed by atoms with Crippen molar-refractivity contribution < 1.29 is 14.3 Å². The van der Waals surface area contributed by atoms with Crippen molar-refractivity contribution in [3.05, 3.63) is 70.8 Å². The molecule has 2 aromatic rings. The molecule has 1 saturated heterocycles. The van der Waals surface area contributed by atoms with Crippen LogP contribution in [0.25, 0.3) is 0 Å². The molecular weight excluding hydrogens is 366 g/mol. The Labute approximate surface area is 172 Å². The summed E-state index contributed by atoms with van der Waals surface area (Å²) in [5.41, 5.74) is 4.43. The first-order chi connectivity index (χ1) is 14.0. The molecule has 3 rings (SSSR count). The number of amides is 2. The first-order valence-corrected chi connectivity index (χ1v) is 10.0. The summed E-state index contributed by atoms with van der Waals surface area (Å²) in [6.45, 7) is 7.71. The topological polar surface area (TPSA) is 70.7 Å². The summed E-state index contributed by atoms with van der Waals surface area (Å²) in [6, 6.07) is 16.2. The van der Waals surface area contributed by atoms with Gasteiger partial charge in [0.25, 0.3) is 0 Å². The first kappa shape index (κ1) is 21.0. The number of carbonyl (C=O) groups excluding carboxylic acids is 2. The number of nitrogens with one attached hydrogen (secondary N) is 2. The van der Waals surface area contributed by atoms with E-state index in [0.717, 1.165) is 29.8 Å². The fourth-order valence-corrected chi connectivity index (χ4v) is 3.37. The average molecular weight is 396 g/mol. The van der Waals surface area contributed by atoms with Crippen molar-refractivity contribution in [2.75, 3.05) is 32.8 Å². The lowest BCUT2D eigenvalue weighted by atomic mass is 10.0. The zero-order valence-corrected chi connectivity index (χ0v) is 17.1. The smallest absolute Gasteiger partial charge is 0.309 e. The number of rotatable bonds is 6. The van der Waals surface area contributed by atoms with Crippen LogP contribution in [0.4, 0.5) is 0 Å². The Balaban J connectivity index is 1.57. The van der Waals surface area contributed by atoms with E-state index < -0.39 is 11.8 Å². The second-order valence-corrected chi connectivity index (χ2v) is 7.45. The fourth-order valence-electron chi connectivity index (χ4n) is 3.37. The van der Waals surface area contributed by atoms with Crippen molar-refractivity contribution in [2.24, 2.45) is 0 Å². The van der Waals surface area contributed by atoms with Crippen LogP contribution >= 0.6 is 0 Å². The normalized spacial score (nSPS) is 15.5.